The van der Waals surface area contributed by atoms with Gasteiger partial charge in [0, 0.05) is 11.5 Å². The van der Waals surface area contributed by atoms with Gasteiger partial charge in [-0.15, -0.1) is 0 Å². The zero-order valence-electron chi connectivity index (χ0n) is 12.9. The predicted octanol–water partition coefficient (Wildman–Crippen LogP) is 4.01. The quantitative estimate of drug-likeness (QED) is 0.548. The lowest BCUT2D eigenvalue weighted by molar-refractivity contribution is 0.202. The van der Waals surface area contributed by atoms with Crippen molar-refractivity contribution in [1.82, 2.24) is 5.43 Å². The van der Waals surface area contributed by atoms with Gasteiger partial charge < -0.3 is 0 Å². The minimum absolute atomic E-state index is 0.130. The third-order valence-corrected chi connectivity index (χ3v) is 4.70. The lowest BCUT2D eigenvalue weighted by Gasteiger charge is -2.43. The zero-order chi connectivity index (χ0) is 14.3. The molecule has 0 aliphatic carbocycles. The molecular formula is C17H30N2. The van der Waals surface area contributed by atoms with Gasteiger partial charge in [0.2, 0.25) is 0 Å². The fourth-order valence-electron chi connectivity index (χ4n) is 3.54. The standard InChI is InChI=1S/C17H30N2/c1-5-11-14(4)16(19-18)17(6-2,7-3)15-12-9-8-10-13-15/h8-10,12-14,16,19H,5-7,11,18H2,1-4H3. The van der Waals surface area contributed by atoms with Crippen LogP contribution in [-0.4, -0.2) is 6.04 Å². The number of hydrazine groups is 1. The molecule has 2 unspecified atom stereocenters. The topological polar surface area (TPSA) is 38.0 Å². The number of nitrogens with two attached hydrogens (primary N) is 1. The monoisotopic (exact) mass is 262 g/mol. The van der Waals surface area contributed by atoms with Gasteiger partial charge in [0.25, 0.3) is 0 Å². The van der Waals surface area contributed by atoms with Crippen LogP contribution in [0.15, 0.2) is 30.3 Å². The van der Waals surface area contributed by atoms with Gasteiger partial charge in [-0.1, -0.05) is 64.4 Å². The molecule has 2 atom stereocenters. The van der Waals surface area contributed by atoms with Crippen molar-refractivity contribution in [3.8, 4) is 0 Å². The first-order valence-corrected chi connectivity index (χ1v) is 7.67. The van der Waals surface area contributed by atoms with Gasteiger partial charge in [-0.05, 0) is 30.7 Å². The molecule has 1 aromatic carbocycles. The van der Waals surface area contributed by atoms with Crippen LogP contribution in [0.2, 0.25) is 0 Å². The van der Waals surface area contributed by atoms with Crippen molar-refractivity contribution in [2.45, 2.75) is 64.8 Å². The summed E-state index contributed by atoms with van der Waals surface area (Å²) in [4.78, 5) is 0. The Morgan fingerprint density at radius 1 is 1.11 bits per heavy atom. The smallest absolute Gasteiger partial charge is 0.0332 e. The van der Waals surface area contributed by atoms with Crippen LogP contribution < -0.4 is 11.3 Å². The molecule has 0 radical (unpaired) electrons. The van der Waals surface area contributed by atoms with E-state index in [1.54, 1.807) is 0 Å². The molecule has 0 bridgehead atoms. The number of hydrogen-bond acceptors (Lipinski definition) is 2. The van der Waals surface area contributed by atoms with Crippen LogP contribution in [0.5, 0.6) is 0 Å². The summed E-state index contributed by atoms with van der Waals surface area (Å²) in [5, 5.41) is 0. The van der Waals surface area contributed by atoms with Gasteiger partial charge in [-0.2, -0.15) is 0 Å². The second kappa shape index (κ2) is 7.66. The molecule has 0 saturated heterocycles. The molecule has 1 aromatic rings. The summed E-state index contributed by atoms with van der Waals surface area (Å²) in [6, 6.07) is 11.2. The molecule has 19 heavy (non-hydrogen) atoms. The SMILES string of the molecule is CCCC(C)C(NN)C(CC)(CC)c1ccccc1. The molecule has 0 aromatic heterocycles. The number of rotatable bonds is 8. The van der Waals surface area contributed by atoms with E-state index in [4.69, 9.17) is 5.84 Å². The number of hydrogen-bond donors (Lipinski definition) is 2. The summed E-state index contributed by atoms with van der Waals surface area (Å²) in [6.45, 7) is 9.11. The predicted molar refractivity (Wildman–Crippen MR) is 83.9 cm³/mol. The molecule has 0 aliphatic rings. The molecule has 0 heterocycles. The summed E-state index contributed by atoms with van der Waals surface area (Å²) >= 11 is 0. The molecule has 0 fully saturated rings. The normalized spacial score (nSPS) is 15.2. The van der Waals surface area contributed by atoms with Gasteiger partial charge in [0.15, 0.2) is 0 Å². The van der Waals surface area contributed by atoms with Gasteiger partial charge in [-0.25, -0.2) is 0 Å². The van der Waals surface area contributed by atoms with Crippen LogP contribution in [0, 0.1) is 5.92 Å². The van der Waals surface area contributed by atoms with E-state index in [1.165, 1.54) is 18.4 Å². The Balaban J connectivity index is 3.16. The maximum atomic E-state index is 5.93. The largest absolute Gasteiger partial charge is 0.271 e. The highest BCUT2D eigenvalue weighted by molar-refractivity contribution is 5.28. The van der Waals surface area contributed by atoms with E-state index in [2.05, 4.69) is 63.5 Å². The Kier molecular flexibility index (Phi) is 6.53. The summed E-state index contributed by atoms with van der Waals surface area (Å²) in [6.07, 6.45) is 4.63. The third-order valence-electron chi connectivity index (χ3n) is 4.70. The van der Waals surface area contributed by atoms with Crippen molar-refractivity contribution in [2.24, 2.45) is 11.8 Å². The van der Waals surface area contributed by atoms with Crippen LogP contribution in [0.4, 0.5) is 0 Å². The van der Waals surface area contributed by atoms with Gasteiger partial charge in [0.1, 0.15) is 0 Å². The summed E-state index contributed by atoms with van der Waals surface area (Å²) in [5.74, 6) is 6.51. The molecular weight excluding hydrogens is 232 g/mol. The summed E-state index contributed by atoms with van der Waals surface area (Å²) in [5.41, 5.74) is 4.67. The summed E-state index contributed by atoms with van der Waals surface area (Å²) < 4.78 is 0. The van der Waals surface area contributed by atoms with E-state index in [1.807, 2.05) is 0 Å². The Labute approximate surface area is 118 Å². The Bertz CT molecular complexity index is 344. The van der Waals surface area contributed by atoms with Crippen molar-refractivity contribution in [3.63, 3.8) is 0 Å². The Morgan fingerprint density at radius 2 is 1.68 bits per heavy atom. The minimum Gasteiger partial charge on any atom is -0.271 e. The van der Waals surface area contributed by atoms with Crippen molar-refractivity contribution in [3.05, 3.63) is 35.9 Å². The molecule has 1 rings (SSSR count). The molecule has 3 N–H and O–H groups in total. The molecule has 108 valence electrons. The van der Waals surface area contributed by atoms with Crippen molar-refractivity contribution < 1.29 is 0 Å². The van der Waals surface area contributed by atoms with E-state index in [9.17, 15) is 0 Å². The van der Waals surface area contributed by atoms with Crippen LogP contribution >= 0.6 is 0 Å². The molecule has 0 amide bonds. The Hall–Kier alpha value is -0.860. The molecule has 0 spiro atoms. The van der Waals surface area contributed by atoms with Gasteiger partial charge >= 0.3 is 0 Å². The minimum atomic E-state index is 0.130. The van der Waals surface area contributed by atoms with Crippen molar-refractivity contribution >= 4 is 0 Å². The second-order valence-corrected chi connectivity index (χ2v) is 5.64. The molecule has 0 aliphatic heterocycles. The second-order valence-electron chi connectivity index (χ2n) is 5.64. The third kappa shape index (κ3) is 3.37. The Morgan fingerprint density at radius 3 is 2.11 bits per heavy atom. The first-order chi connectivity index (χ1) is 9.16. The van der Waals surface area contributed by atoms with Crippen LogP contribution in [-0.2, 0) is 5.41 Å². The highest BCUT2D eigenvalue weighted by Crippen LogP contribution is 2.38. The van der Waals surface area contributed by atoms with Gasteiger partial charge in [-0.3, -0.25) is 11.3 Å². The van der Waals surface area contributed by atoms with Crippen LogP contribution in [0.3, 0.4) is 0 Å². The van der Waals surface area contributed by atoms with E-state index < -0.39 is 0 Å². The average molecular weight is 262 g/mol. The van der Waals surface area contributed by atoms with Crippen molar-refractivity contribution in [2.75, 3.05) is 0 Å². The highest BCUT2D eigenvalue weighted by atomic mass is 15.2. The zero-order valence-corrected chi connectivity index (χ0v) is 12.9. The molecule has 2 heteroatoms. The van der Waals surface area contributed by atoms with E-state index in [-0.39, 0.29) is 5.41 Å². The average Bonchev–Trinajstić information content (AvgIpc) is 2.46. The maximum Gasteiger partial charge on any atom is 0.0332 e. The fourth-order valence-corrected chi connectivity index (χ4v) is 3.54. The van der Waals surface area contributed by atoms with Gasteiger partial charge in [0.05, 0.1) is 0 Å². The molecule has 0 saturated carbocycles. The van der Waals surface area contributed by atoms with E-state index in [0.717, 1.165) is 12.8 Å². The maximum absolute atomic E-state index is 5.93. The van der Waals surface area contributed by atoms with E-state index in [0.29, 0.717) is 12.0 Å². The highest BCUT2D eigenvalue weighted by Gasteiger charge is 2.39. The number of nitrogens with one attached hydrogen (secondary N) is 1. The lowest BCUT2D eigenvalue weighted by atomic mass is 9.66. The molecule has 2 nitrogen and oxygen atoms in total. The van der Waals surface area contributed by atoms with Crippen molar-refractivity contribution in [1.29, 1.82) is 0 Å². The summed E-state index contributed by atoms with van der Waals surface area (Å²) in [7, 11) is 0. The first kappa shape index (κ1) is 16.2. The lowest BCUT2D eigenvalue weighted by Crippen LogP contribution is -2.54. The fraction of sp³-hybridized carbons (Fsp3) is 0.647. The van der Waals surface area contributed by atoms with Crippen LogP contribution in [0.25, 0.3) is 0 Å². The first-order valence-electron chi connectivity index (χ1n) is 7.67. The van der Waals surface area contributed by atoms with Crippen LogP contribution in [0.1, 0.15) is 58.9 Å². The number of benzene rings is 1. The van der Waals surface area contributed by atoms with E-state index >= 15 is 0 Å².